The SMILES string of the molecule is COc1ccc([C@H]2CC(=O)C3=C(C2)NC(C)=C(C(=O)Nc2ccc(C)cc2)[C@H]3c2cc(OC)c(OC)c(OC)c2)cc1OC. The van der Waals surface area contributed by atoms with Crippen LogP contribution in [-0.4, -0.2) is 47.2 Å². The molecule has 0 saturated carbocycles. The van der Waals surface area contributed by atoms with Crippen LogP contribution in [0, 0.1) is 6.92 Å². The summed E-state index contributed by atoms with van der Waals surface area (Å²) in [5.41, 5.74) is 5.83. The second-order valence-electron chi connectivity index (χ2n) is 10.9. The standard InChI is InChI=1S/C35H38N2O7/c1-19-8-11-24(12-9-19)37-35(39)31-20(2)36-25-14-22(21-10-13-27(40-3)28(16-21)41-4)15-26(38)33(25)32(31)23-17-29(42-5)34(44-7)30(18-23)43-6/h8-13,16-18,22,32,36H,14-15H2,1-7H3,(H,37,39)/t22-,32-/m1/s1. The van der Waals surface area contributed by atoms with E-state index in [4.69, 9.17) is 23.7 Å². The molecule has 1 aliphatic carbocycles. The van der Waals surface area contributed by atoms with Crippen molar-refractivity contribution >= 4 is 17.4 Å². The van der Waals surface area contributed by atoms with Gasteiger partial charge in [-0.15, -0.1) is 0 Å². The topological polar surface area (TPSA) is 104 Å². The third kappa shape index (κ3) is 5.69. The number of methoxy groups -OCH3 is 5. The van der Waals surface area contributed by atoms with Gasteiger partial charge >= 0.3 is 0 Å². The molecule has 1 amide bonds. The number of aryl methyl sites for hydroxylation is 1. The third-order valence-electron chi connectivity index (χ3n) is 8.28. The molecule has 0 aromatic heterocycles. The molecule has 1 aliphatic heterocycles. The van der Waals surface area contributed by atoms with E-state index in [0.717, 1.165) is 16.8 Å². The third-order valence-corrected chi connectivity index (χ3v) is 8.28. The molecule has 1 heterocycles. The number of allylic oxidation sites excluding steroid dienone is 3. The average molecular weight is 599 g/mol. The molecule has 230 valence electrons. The minimum atomic E-state index is -0.677. The molecule has 0 bridgehead atoms. The number of hydrogen-bond acceptors (Lipinski definition) is 8. The van der Waals surface area contributed by atoms with Crippen molar-refractivity contribution in [3.05, 3.63) is 93.8 Å². The fourth-order valence-electron chi connectivity index (χ4n) is 6.12. The highest BCUT2D eigenvalue weighted by atomic mass is 16.5. The van der Waals surface area contributed by atoms with Crippen molar-refractivity contribution in [1.29, 1.82) is 0 Å². The van der Waals surface area contributed by atoms with E-state index in [-0.39, 0.29) is 24.0 Å². The molecule has 0 spiro atoms. The van der Waals surface area contributed by atoms with Gasteiger partial charge < -0.3 is 34.3 Å². The molecule has 44 heavy (non-hydrogen) atoms. The fourth-order valence-corrected chi connectivity index (χ4v) is 6.12. The molecular weight excluding hydrogens is 560 g/mol. The molecule has 2 N–H and O–H groups in total. The van der Waals surface area contributed by atoms with Crippen molar-refractivity contribution in [1.82, 2.24) is 5.32 Å². The molecule has 0 saturated heterocycles. The van der Waals surface area contributed by atoms with E-state index >= 15 is 0 Å². The van der Waals surface area contributed by atoms with Crippen LogP contribution >= 0.6 is 0 Å². The van der Waals surface area contributed by atoms with Crippen LogP contribution in [-0.2, 0) is 9.59 Å². The first kappa shape index (κ1) is 30.5. The van der Waals surface area contributed by atoms with E-state index in [1.54, 1.807) is 28.4 Å². The number of hydrogen-bond donors (Lipinski definition) is 2. The first-order valence-corrected chi connectivity index (χ1v) is 14.4. The van der Waals surface area contributed by atoms with Crippen LogP contribution in [0.25, 0.3) is 0 Å². The van der Waals surface area contributed by atoms with Crippen molar-refractivity contribution in [3.63, 3.8) is 0 Å². The molecule has 9 nitrogen and oxygen atoms in total. The van der Waals surface area contributed by atoms with E-state index in [0.29, 0.717) is 63.3 Å². The summed E-state index contributed by atoms with van der Waals surface area (Å²) in [6.45, 7) is 3.85. The molecule has 3 aromatic rings. The number of rotatable bonds is 9. The van der Waals surface area contributed by atoms with Gasteiger partial charge in [-0.3, -0.25) is 9.59 Å². The largest absolute Gasteiger partial charge is 0.493 e. The Kier molecular flexibility index (Phi) is 8.85. The van der Waals surface area contributed by atoms with Gasteiger partial charge in [0.1, 0.15) is 0 Å². The summed E-state index contributed by atoms with van der Waals surface area (Å²) in [6, 6.07) is 16.9. The normalized spacial score (nSPS) is 17.8. The first-order valence-electron chi connectivity index (χ1n) is 14.4. The second-order valence-corrected chi connectivity index (χ2v) is 10.9. The van der Waals surface area contributed by atoms with Crippen LogP contribution in [0.15, 0.2) is 77.1 Å². The number of dihydropyridines is 1. The van der Waals surface area contributed by atoms with Crippen molar-refractivity contribution in [3.8, 4) is 28.7 Å². The molecule has 9 heteroatoms. The lowest BCUT2D eigenvalue weighted by atomic mass is 9.71. The lowest BCUT2D eigenvalue weighted by Crippen LogP contribution is -2.37. The van der Waals surface area contributed by atoms with Crippen LogP contribution < -0.4 is 34.3 Å². The zero-order valence-corrected chi connectivity index (χ0v) is 26.1. The van der Waals surface area contributed by atoms with E-state index < -0.39 is 5.92 Å². The zero-order chi connectivity index (χ0) is 31.5. The van der Waals surface area contributed by atoms with E-state index in [2.05, 4.69) is 10.6 Å². The average Bonchev–Trinajstić information content (AvgIpc) is 3.03. The van der Waals surface area contributed by atoms with Crippen molar-refractivity contribution in [2.45, 2.75) is 38.5 Å². The Morgan fingerprint density at radius 2 is 1.36 bits per heavy atom. The number of amides is 1. The predicted octanol–water partition coefficient (Wildman–Crippen LogP) is 6.04. The number of ketones is 1. The van der Waals surface area contributed by atoms with Gasteiger partial charge in [0.2, 0.25) is 5.75 Å². The summed E-state index contributed by atoms with van der Waals surface area (Å²) in [5, 5.41) is 6.47. The maximum absolute atomic E-state index is 14.2. The Balaban J connectivity index is 1.62. The molecule has 3 aromatic carbocycles. The number of benzene rings is 3. The van der Waals surface area contributed by atoms with Crippen molar-refractivity contribution < 1.29 is 33.3 Å². The number of carbonyl (C=O) groups is 2. The summed E-state index contributed by atoms with van der Waals surface area (Å²) in [4.78, 5) is 28.2. The molecule has 2 atom stereocenters. The van der Waals surface area contributed by atoms with Gasteiger partial charge in [0.15, 0.2) is 28.8 Å². The van der Waals surface area contributed by atoms with Crippen molar-refractivity contribution in [2.24, 2.45) is 0 Å². The Morgan fingerprint density at radius 1 is 0.750 bits per heavy atom. The van der Waals surface area contributed by atoms with E-state index in [1.807, 2.05) is 68.4 Å². The van der Waals surface area contributed by atoms with Crippen LogP contribution in [0.5, 0.6) is 28.7 Å². The maximum atomic E-state index is 14.2. The predicted molar refractivity (Wildman–Crippen MR) is 168 cm³/mol. The Morgan fingerprint density at radius 3 is 1.95 bits per heavy atom. The molecule has 0 unspecified atom stereocenters. The van der Waals surface area contributed by atoms with Crippen LogP contribution in [0.3, 0.4) is 0 Å². The lowest BCUT2D eigenvalue weighted by molar-refractivity contribution is -0.116. The smallest absolute Gasteiger partial charge is 0.254 e. The number of nitrogens with one attached hydrogen (secondary N) is 2. The van der Waals surface area contributed by atoms with Crippen LogP contribution in [0.4, 0.5) is 5.69 Å². The number of anilines is 1. The minimum Gasteiger partial charge on any atom is -0.493 e. The lowest BCUT2D eigenvalue weighted by Gasteiger charge is -2.37. The summed E-state index contributed by atoms with van der Waals surface area (Å²) < 4.78 is 27.8. The highest BCUT2D eigenvalue weighted by molar-refractivity contribution is 6.10. The quantitative estimate of drug-likeness (QED) is 0.307. The molecular formula is C35H38N2O7. The molecule has 2 aliphatic rings. The van der Waals surface area contributed by atoms with Crippen LogP contribution in [0.2, 0.25) is 0 Å². The number of ether oxygens (including phenoxy) is 5. The first-order chi connectivity index (χ1) is 21.2. The van der Waals surface area contributed by atoms with Gasteiger partial charge in [-0.25, -0.2) is 0 Å². The highest BCUT2D eigenvalue weighted by Crippen LogP contribution is 2.49. The highest BCUT2D eigenvalue weighted by Gasteiger charge is 2.41. The summed E-state index contributed by atoms with van der Waals surface area (Å²) in [5.74, 6) is 1.40. The van der Waals surface area contributed by atoms with Crippen LogP contribution in [0.1, 0.15) is 48.3 Å². The van der Waals surface area contributed by atoms with Crippen molar-refractivity contribution in [2.75, 3.05) is 40.9 Å². The van der Waals surface area contributed by atoms with Gasteiger partial charge in [0.25, 0.3) is 5.91 Å². The Bertz CT molecular complexity index is 1630. The number of Topliss-reactive ketones (excluding diaryl/α,β-unsaturated/α-hetero) is 1. The number of carbonyl (C=O) groups excluding carboxylic acids is 2. The summed E-state index contributed by atoms with van der Waals surface area (Å²) in [7, 11) is 7.81. The minimum absolute atomic E-state index is 0.0505. The zero-order valence-electron chi connectivity index (χ0n) is 26.1. The van der Waals surface area contributed by atoms with Gasteiger partial charge in [0.05, 0.1) is 35.5 Å². The Labute approximate surface area is 257 Å². The summed E-state index contributed by atoms with van der Waals surface area (Å²) in [6.07, 6.45) is 0.838. The van der Waals surface area contributed by atoms with E-state index in [1.165, 1.54) is 7.11 Å². The Hall–Kier alpha value is -4.92. The fraction of sp³-hybridized carbons (Fsp3) is 0.314. The maximum Gasteiger partial charge on any atom is 0.254 e. The monoisotopic (exact) mass is 598 g/mol. The van der Waals surface area contributed by atoms with Gasteiger partial charge in [0, 0.05) is 40.6 Å². The molecule has 0 radical (unpaired) electrons. The van der Waals surface area contributed by atoms with Gasteiger partial charge in [-0.1, -0.05) is 23.8 Å². The van der Waals surface area contributed by atoms with E-state index in [9.17, 15) is 9.59 Å². The second kappa shape index (κ2) is 12.8. The molecule has 0 fully saturated rings. The molecule has 5 rings (SSSR count). The van der Waals surface area contributed by atoms with Gasteiger partial charge in [-0.2, -0.15) is 0 Å². The summed E-state index contributed by atoms with van der Waals surface area (Å²) >= 11 is 0. The van der Waals surface area contributed by atoms with Gasteiger partial charge in [-0.05, 0) is 73.7 Å².